The molecule has 1 aromatic carbocycles. The van der Waals surface area contributed by atoms with Gasteiger partial charge in [-0.3, -0.25) is 8.37 Å². The van der Waals surface area contributed by atoms with Crippen LogP contribution in [0.15, 0.2) is 24.3 Å². The summed E-state index contributed by atoms with van der Waals surface area (Å²) in [7, 11) is 0. The second-order valence-electron chi connectivity index (χ2n) is 5.29. The summed E-state index contributed by atoms with van der Waals surface area (Å²) in [6, 6.07) is 7.99. The van der Waals surface area contributed by atoms with Gasteiger partial charge in [0.25, 0.3) is 0 Å². The fraction of sp³-hybridized carbons (Fsp3) is 0.538. The summed E-state index contributed by atoms with van der Waals surface area (Å²) in [6.45, 7) is 7.17. The molecule has 0 saturated carbocycles. The lowest BCUT2D eigenvalue weighted by atomic mass is 9.87. The highest BCUT2D eigenvalue weighted by Gasteiger charge is 2.24. The largest absolute Gasteiger partial charge is 0.491 e. The monoisotopic (exact) mass is 270 g/mol. The smallest absolute Gasteiger partial charge is 0.305 e. The Morgan fingerprint density at radius 2 is 2.00 bits per heavy atom. The molecule has 100 valence electrons. The zero-order valence-electron chi connectivity index (χ0n) is 10.8. The van der Waals surface area contributed by atoms with E-state index in [1.165, 1.54) is 5.56 Å². The topological polar surface area (TPSA) is 44.8 Å². The quantitative estimate of drug-likeness (QED) is 0.845. The molecule has 0 spiro atoms. The van der Waals surface area contributed by atoms with Gasteiger partial charge in [0.2, 0.25) is 0 Å². The summed E-state index contributed by atoms with van der Waals surface area (Å²) in [5.41, 5.74) is 1.40. The van der Waals surface area contributed by atoms with Gasteiger partial charge in [0.05, 0.1) is 6.61 Å². The molecule has 0 aromatic heterocycles. The Balaban J connectivity index is 1.89. The highest BCUT2D eigenvalue weighted by molar-refractivity contribution is 7.75. The Morgan fingerprint density at radius 1 is 1.33 bits per heavy atom. The molecule has 4 nitrogen and oxygen atoms in total. The van der Waals surface area contributed by atoms with Crippen LogP contribution >= 0.6 is 0 Å². The third-order valence-electron chi connectivity index (χ3n) is 2.72. The van der Waals surface area contributed by atoms with Crippen molar-refractivity contribution in [2.24, 2.45) is 0 Å². The van der Waals surface area contributed by atoms with E-state index < -0.39 is 11.4 Å². The van der Waals surface area contributed by atoms with Crippen molar-refractivity contribution in [2.75, 3.05) is 13.2 Å². The molecule has 2 rings (SSSR count). The van der Waals surface area contributed by atoms with Crippen LogP contribution in [0.2, 0.25) is 0 Å². The molecule has 0 N–H and O–H groups in total. The third kappa shape index (κ3) is 3.54. The van der Waals surface area contributed by atoms with E-state index in [1.54, 1.807) is 0 Å². The van der Waals surface area contributed by atoms with E-state index in [0.717, 1.165) is 5.75 Å². The first-order chi connectivity index (χ1) is 8.45. The van der Waals surface area contributed by atoms with Gasteiger partial charge in [0.1, 0.15) is 18.5 Å². The Morgan fingerprint density at radius 3 is 2.50 bits per heavy atom. The average Bonchev–Trinajstić information content (AvgIpc) is 2.72. The summed E-state index contributed by atoms with van der Waals surface area (Å²) in [5, 5.41) is 0. The van der Waals surface area contributed by atoms with Gasteiger partial charge >= 0.3 is 11.4 Å². The van der Waals surface area contributed by atoms with Crippen LogP contribution in [0.3, 0.4) is 0 Å². The molecule has 1 fully saturated rings. The van der Waals surface area contributed by atoms with Crippen LogP contribution in [0, 0.1) is 0 Å². The van der Waals surface area contributed by atoms with Crippen molar-refractivity contribution in [3.63, 3.8) is 0 Å². The minimum atomic E-state index is -1.61. The summed E-state index contributed by atoms with van der Waals surface area (Å²) in [4.78, 5) is 0. The van der Waals surface area contributed by atoms with E-state index in [1.807, 2.05) is 12.1 Å². The van der Waals surface area contributed by atoms with Gasteiger partial charge in [-0.15, -0.1) is 0 Å². The van der Waals surface area contributed by atoms with E-state index in [4.69, 9.17) is 13.1 Å². The van der Waals surface area contributed by atoms with E-state index in [2.05, 4.69) is 32.9 Å². The van der Waals surface area contributed by atoms with Crippen LogP contribution in [-0.4, -0.2) is 23.5 Å². The summed E-state index contributed by atoms with van der Waals surface area (Å²) >= 11 is -1.61. The van der Waals surface area contributed by atoms with Gasteiger partial charge in [0.15, 0.2) is 0 Å². The molecular formula is C13H18O4S. The number of ether oxygens (including phenoxy) is 1. The molecule has 2 atom stereocenters. The fourth-order valence-corrected chi connectivity index (χ4v) is 2.27. The van der Waals surface area contributed by atoms with Gasteiger partial charge in [-0.1, -0.05) is 32.9 Å². The van der Waals surface area contributed by atoms with Gasteiger partial charge in [-0.05, 0) is 23.1 Å². The molecule has 0 radical (unpaired) electrons. The molecule has 1 saturated heterocycles. The Kier molecular flexibility index (Phi) is 4.04. The maximum absolute atomic E-state index is 10.8. The van der Waals surface area contributed by atoms with E-state index in [-0.39, 0.29) is 11.5 Å². The van der Waals surface area contributed by atoms with Crippen molar-refractivity contribution >= 4 is 11.4 Å². The highest BCUT2D eigenvalue weighted by atomic mass is 32.2. The predicted octanol–water partition coefficient (Wildman–Crippen LogP) is 2.36. The lowest BCUT2D eigenvalue weighted by molar-refractivity contribution is 0.151. The first-order valence-electron chi connectivity index (χ1n) is 5.91. The minimum absolute atomic E-state index is 0.137. The average molecular weight is 270 g/mol. The molecule has 1 aromatic rings. The molecular weight excluding hydrogens is 252 g/mol. The van der Waals surface area contributed by atoms with Gasteiger partial charge in [-0.25, -0.2) is 0 Å². The molecule has 0 bridgehead atoms. The van der Waals surface area contributed by atoms with Crippen molar-refractivity contribution in [3.8, 4) is 5.75 Å². The zero-order valence-corrected chi connectivity index (χ0v) is 11.7. The van der Waals surface area contributed by atoms with E-state index in [0.29, 0.717) is 13.2 Å². The SMILES string of the molecule is CC(C)(C)c1ccc(OCC2COS(=O)O2)cc1. The molecule has 1 heterocycles. The normalized spacial score (nSPS) is 24.2. The fourth-order valence-electron chi connectivity index (χ4n) is 1.61. The highest BCUT2D eigenvalue weighted by Crippen LogP contribution is 2.24. The molecule has 1 aliphatic heterocycles. The molecule has 2 unspecified atom stereocenters. The predicted molar refractivity (Wildman–Crippen MR) is 69.6 cm³/mol. The standard InChI is InChI=1S/C13H18O4S/c1-13(2,3)10-4-6-11(7-5-10)15-8-12-9-16-18(14)17-12/h4-7,12H,8-9H2,1-3H3. The van der Waals surface area contributed by atoms with Crippen molar-refractivity contribution in [3.05, 3.63) is 29.8 Å². The van der Waals surface area contributed by atoms with Gasteiger partial charge in [0, 0.05) is 0 Å². The molecule has 0 amide bonds. The molecule has 18 heavy (non-hydrogen) atoms. The third-order valence-corrected chi connectivity index (χ3v) is 3.48. The van der Waals surface area contributed by atoms with Crippen LogP contribution in [0.1, 0.15) is 26.3 Å². The van der Waals surface area contributed by atoms with Crippen molar-refractivity contribution < 1.29 is 17.3 Å². The van der Waals surface area contributed by atoms with Crippen LogP contribution in [0.5, 0.6) is 5.75 Å². The summed E-state index contributed by atoms with van der Waals surface area (Å²) in [5.74, 6) is 0.782. The maximum atomic E-state index is 10.8. The van der Waals surface area contributed by atoms with Crippen LogP contribution in [-0.2, 0) is 25.1 Å². The Bertz CT molecular complexity index is 422. The van der Waals surface area contributed by atoms with Gasteiger partial charge < -0.3 is 4.74 Å². The van der Waals surface area contributed by atoms with E-state index >= 15 is 0 Å². The van der Waals surface area contributed by atoms with Crippen LogP contribution in [0.4, 0.5) is 0 Å². The summed E-state index contributed by atoms with van der Waals surface area (Å²) in [6.07, 6.45) is -0.256. The molecule has 0 aliphatic carbocycles. The lowest BCUT2D eigenvalue weighted by Crippen LogP contribution is -2.19. The zero-order chi connectivity index (χ0) is 13.2. The van der Waals surface area contributed by atoms with Crippen molar-refractivity contribution in [1.82, 2.24) is 0 Å². The minimum Gasteiger partial charge on any atom is -0.491 e. The van der Waals surface area contributed by atoms with Crippen LogP contribution < -0.4 is 4.74 Å². The van der Waals surface area contributed by atoms with Gasteiger partial charge in [-0.2, -0.15) is 4.21 Å². The van der Waals surface area contributed by atoms with Crippen LogP contribution in [0.25, 0.3) is 0 Å². The van der Waals surface area contributed by atoms with Crippen molar-refractivity contribution in [2.45, 2.75) is 32.3 Å². The Labute approximate surface area is 110 Å². The molecule has 1 aliphatic rings. The maximum Gasteiger partial charge on any atom is 0.305 e. The number of benzene rings is 1. The number of hydrogen-bond donors (Lipinski definition) is 0. The Hall–Kier alpha value is -0.910. The summed E-state index contributed by atoms with van der Waals surface area (Å²) < 4.78 is 26.2. The first kappa shape index (κ1) is 13.5. The second-order valence-corrected chi connectivity index (χ2v) is 6.13. The number of hydrogen-bond acceptors (Lipinski definition) is 4. The molecule has 5 heteroatoms. The van der Waals surface area contributed by atoms with E-state index in [9.17, 15) is 4.21 Å². The number of rotatable bonds is 3. The lowest BCUT2D eigenvalue weighted by Gasteiger charge is -2.19. The second kappa shape index (κ2) is 5.38. The first-order valence-corrected chi connectivity index (χ1v) is 6.91. The van der Waals surface area contributed by atoms with Crippen molar-refractivity contribution in [1.29, 1.82) is 0 Å².